The minimum atomic E-state index is -3.63. The van der Waals surface area contributed by atoms with Gasteiger partial charge in [0.2, 0.25) is 10.0 Å². The molecule has 8 heteroatoms. The van der Waals surface area contributed by atoms with E-state index in [-0.39, 0.29) is 23.6 Å². The summed E-state index contributed by atoms with van der Waals surface area (Å²) in [7, 11) is -0.589. The van der Waals surface area contributed by atoms with Gasteiger partial charge in [-0.3, -0.25) is 4.57 Å². The molecule has 1 aromatic heterocycles. The third kappa shape index (κ3) is 2.70. The van der Waals surface area contributed by atoms with Crippen molar-refractivity contribution in [2.45, 2.75) is 4.90 Å². The van der Waals surface area contributed by atoms with Crippen molar-refractivity contribution in [3.8, 4) is 0 Å². The Kier molecular flexibility index (Phi) is 3.74. The molecule has 0 aliphatic carbocycles. The molecule has 0 saturated heterocycles. The number of nitrogens with one attached hydrogen (secondary N) is 1. The van der Waals surface area contributed by atoms with Crippen LogP contribution in [0.15, 0.2) is 32.3 Å². The van der Waals surface area contributed by atoms with E-state index in [0.717, 1.165) is 0 Å². The average molecular weight is 286 g/mol. The molecule has 19 heavy (non-hydrogen) atoms. The number of hydrogen-bond donors (Lipinski definition) is 1. The molecule has 2 rings (SSSR count). The highest BCUT2D eigenvalue weighted by atomic mass is 32.2. The van der Waals surface area contributed by atoms with Crippen LogP contribution in [0.1, 0.15) is 0 Å². The van der Waals surface area contributed by atoms with Crippen LogP contribution in [0.25, 0.3) is 11.1 Å². The minimum absolute atomic E-state index is 0.0467. The minimum Gasteiger partial charge on any atom is -0.408 e. The molecule has 104 valence electrons. The molecule has 1 aromatic carbocycles. The fourth-order valence-corrected chi connectivity index (χ4v) is 2.67. The highest BCUT2D eigenvalue weighted by Gasteiger charge is 2.16. The Hall–Kier alpha value is -1.64. The second-order valence-corrected chi connectivity index (χ2v) is 5.71. The van der Waals surface area contributed by atoms with Gasteiger partial charge >= 0.3 is 5.76 Å². The average Bonchev–Trinajstić information content (AvgIpc) is 2.65. The van der Waals surface area contributed by atoms with Gasteiger partial charge in [0.25, 0.3) is 0 Å². The number of rotatable bonds is 5. The van der Waals surface area contributed by atoms with E-state index in [1.807, 2.05) is 0 Å². The number of hydrogen-bond acceptors (Lipinski definition) is 5. The summed E-state index contributed by atoms with van der Waals surface area (Å²) in [5, 5.41) is 0. The van der Waals surface area contributed by atoms with Crippen LogP contribution in [0, 0.1) is 0 Å². The lowest BCUT2D eigenvalue weighted by atomic mass is 10.3. The lowest BCUT2D eigenvalue weighted by Gasteiger charge is -2.05. The van der Waals surface area contributed by atoms with Crippen LogP contribution in [-0.2, 0) is 21.8 Å². The molecule has 0 fully saturated rings. The molecular weight excluding hydrogens is 272 g/mol. The fourth-order valence-electron chi connectivity index (χ4n) is 1.64. The standard InChI is InChI=1S/C11H14N2O5S/c1-13-9-4-3-8(7-10(9)18-11(13)14)19(15,16)12-5-6-17-2/h3-4,7,12H,5-6H2,1-2H3. The Morgan fingerprint density at radius 2 is 2.16 bits per heavy atom. The van der Waals surface area contributed by atoms with E-state index in [1.54, 1.807) is 7.05 Å². The number of methoxy groups -OCH3 is 1. The predicted octanol–water partition coefficient (Wildman–Crippen LogP) is 0.0562. The number of aromatic nitrogens is 1. The number of fused-ring (bicyclic) bond motifs is 1. The Balaban J connectivity index is 2.38. The lowest BCUT2D eigenvalue weighted by Crippen LogP contribution is -2.27. The molecule has 2 aromatic rings. The summed E-state index contributed by atoms with van der Waals surface area (Å²) in [5.41, 5.74) is 0.781. The third-order valence-corrected chi connectivity index (χ3v) is 4.13. The monoisotopic (exact) mass is 286 g/mol. The summed E-state index contributed by atoms with van der Waals surface area (Å²) in [6.45, 7) is 0.456. The van der Waals surface area contributed by atoms with Crippen molar-refractivity contribution in [2.24, 2.45) is 7.05 Å². The predicted molar refractivity (Wildman–Crippen MR) is 68.5 cm³/mol. The first-order valence-electron chi connectivity index (χ1n) is 5.54. The maximum Gasteiger partial charge on any atom is 0.419 e. The molecule has 0 aliphatic heterocycles. The number of ether oxygens (including phenoxy) is 1. The van der Waals surface area contributed by atoms with Crippen molar-refractivity contribution in [1.29, 1.82) is 0 Å². The number of oxazole rings is 1. The van der Waals surface area contributed by atoms with Crippen molar-refractivity contribution in [2.75, 3.05) is 20.3 Å². The van der Waals surface area contributed by atoms with Gasteiger partial charge in [-0.05, 0) is 12.1 Å². The quantitative estimate of drug-likeness (QED) is 0.785. The topological polar surface area (TPSA) is 90.5 Å². The van der Waals surface area contributed by atoms with Crippen LogP contribution in [0.5, 0.6) is 0 Å². The van der Waals surface area contributed by atoms with E-state index < -0.39 is 15.8 Å². The van der Waals surface area contributed by atoms with E-state index >= 15 is 0 Å². The summed E-state index contributed by atoms with van der Waals surface area (Å²) in [6.07, 6.45) is 0. The van der Waals surface area contributed by atoms with E-state index in [9.17, 15) is 13.2 Å². The van der Waals surface area contributed by atoms with Crippen molar-refractivity contribution in [1.82, 2.24) is 9.29 Å². The zero-order valence-corrected chi connectivity index (χ0v) is 11.4. The lowest BCUT2D eigenvalue weighted by molar-refractivity contribution is 0.204. The van der Waals surface area contributed by atoms with Gasteiger partial charge in [-0.1, -0.05) is 0 Å². The molecule has 1 N–H and O–H groups in total. The van der Waals surface area contributed by atoms with Crippen LogP contribution in [0.2, 0.25) is 0 Å². The highest BCUT2D eigenvalue weighted by Crippen LogP contribution is 2.17. The van der Waals surface area contributed by atoms with Crippen molar-refractivity contribution in [3.05, 3.63) is 28.7 Å². The van der Waals surface area contributed by atoms with E-state index in [1.165, 1.54) is 29.9 Å². The maximum absolute atomic E-state index is 11.9. The summed E-state index contributed by atoms with van der Waals surface area (Å²) in [6, 6.07) is 4.28. The smallest absolute Gasteiger partial charge is 0.408 e. The third-order valence-electron chi connectivity index (χ3n) is 2.67. The first kappa shape index (κ1) is 13.8. The molecule has 0 saturated carbocycles. The molecule has 0 radical (unpaired) electrons. The van der Waals surface area contributed by atoms with E-state index in [4.69, 9.17) is 9.15 Å². The number of nitrogens with zero attached hydrogens (tertiary/aromatic N) is 1. The summed E-state index contributed by atoms with van der Waals surface area (Å²) in [5.74, 6) is -0.531. The number of sulfonamides is 1. The van der Waals surface area contributed by atoms with Crippen LogP contribution < -0.4 is 10.5 Å². The van der Waals surface area contributed by atoms with Crippen molar-refractivity contribution < 1.29 is 17.6 Å². The second-order valence-electron chi connectivity index (χ2n) is 3.95. The Bertz CT molecular complexity index is 744. The molecule has 0 spiro atoms. The maximum atomic E-state index is 11.9. The van der Waals surface area contributed by atoms with Crippen molar-refractivity contribution in [3.63, 3.8) is 0 Å². The molecule has 1 heterocycles. The summed E-state index contributed by atoms with van der Waals surface area (Å²) in [4.78, 5) is 11.4. The zero-order chi connectivity index (χ0) is 14.0. The zero-order valence-electron chi connectivity index (χ0n) is 10.5. The number of aryl methyl sites for hydroxylation is 1. The largest absolute Gasteiger partial charge is 0.419 e. The Morgan fingerprint density at radius 1 is 1.42 bits per heavy atom. The first-order valence-corrected chi connectivity index (χ1v) is 7.02. The van der Waals surface area contributed by atoms with Crippen LogP contribution in [-0.4, -0.2) is 33.2 Å². The van der Waals surface area contributed by atoms with E-state index in [2.05, 4.69) is 4.72 Å². The summed E-state index contributed by atoms with van der Waals surface area (Å²) < 4.78 is 37.3. The van der Waals surface area contributed by atoms with Crippen LogP contribution in [0.4, 0.5) is 0 Å². The molecule has 0 unspecified atom stereocenters. The van der Waals surface area contributed by atoms with Gasteiger partial charge in [0.1, 0.15) is 0 Å². The van der Waals surface area contributed by atoms with E-state index in [0.29, 0.717) is 5.52 Å². The van der Waals surface area contributed by atoms with Gasteiger partial charge in [-0.15, -0.1) is 0 Å². The van der Waals surface area contributed by atoms with Crippen molar-refractivity contribution >= 4 is 21.1 Å². The molecule has 0 atom stereocenters. The SMILES string of the molecule is COCCNS(=O)(=O)c1ccc2c(c1)oc(=O)n2C. The number of benzene rings is 1. The van der Waals surface area contributed by atoms with Gasteiger partial charge in [-0.25, -0.2) is 17.9 Å². The van der Waals surface area contributed by atoms with Gasteiger partial charge in [-0.2, -0.15) is 0 Å². The van der Waals surface area contributed by atoms with Crippen LogP contribution in [0.3, 0.4) is 0 Å². The normalized spacial score (nSPS) is 12.1. The highest BCUT2D eigenvalue weighted by molar-refractivity contribution is 7.89. The molecule has 0 aliphatic rings. The molecule has 0 amide bonds. The van der Waals surface area contributed by atoms with Gasteiger partial charge in [0.05, 0.1) is 17.0 Å². The Morgan fingerprint density at radius 3 is 2.84 bits per heavy atom. The van der Waals surface area contributed by atoms with Gasteiger partial charge in [0, 0.05) is 26.8 Å². The second kappa shape index (κ2) is 5.16. The Labute approximate surface area is 109 Å². The fraction of sp³-hybridized carbons (Fsp3) is 0.364. The van der Waals surface area contributed by atoms with Gasteiger partial charge in [0.15, 0.2) is 5.58 Å². The first-order chi connectivity index (χ1) is 8.95. The van der Waals surface area contributed by atoms with Gasteiger partial charge < -0.3 is 9.15 Å². The molecule has 0 bridgehead atoms. The van der Waals surface area contributed by atoms with Crippen LogP contribution >= 0.6 is 0 Å². The molecular formula is C11H14N2O5S. The summed E-state index contributed by atoms with van der Waals surface area (Å²) >= 11 is 0. The molecule has 7 nitrogen and oxygen atoms in total.